The van der Waals surface area contributed by atoms with Crippen molar-refractivity contribution in [2.24, 2.45) is 5.92 Å². The van der Waals surface area contributed by atoms with Crippen LogP contribution in [0.3, 0.4) is 0 Å². The molecule has 1 fully saturated rings. The Morgan fingerprint density at radius 2 is 1.90 bits per heavy atom. The van der Waals surface area contributed by atoms with Gasteiger partial charge in [-0.05, 0) is 81.1 Å². The monoisotopic (exact) mass is 582 g/mol. The van der Waals surface area contributed by atoms with E-state index in [4.69, 9.17) is 4.74 Å². The summed E-state index contributed by atoms with van der Waals surface area (Å²) in [6.45, 7) is 7.33. The number of H-pyrrole nitrogens is 1. The van der Waals surface area contributed by atoms with Gasteiger partial charge in [0.05, 0.1) is 17.7 Å². The molecule has 1 saturated heterocycles. The van der Waals surface area contributed by atoms with Crippen LogP contribution in [0.25, 0.3) is 22.2 Å². The van der Waals surface area contributed by atoms with E-state index in [0.717, 1.165) is 37.9 Å². The number of aromatic nitrogens is 4. The molecule has 0 aliphatic carbocycles. The number of halogens is 1. The number of hydrogen-bond acceptors (Lipinski definition) is 7. The van der Waals surface area contributed by atoms with Crippen molar-refractivity contribution in [1.29, 1.82) is 0 Å². The highest BCUT2D eigenvalue weighted by molar-refractivity contribution is 7.89. The molecule has 0 radical (unpaired) electrons. The molecule has 2 aromatic carbocycles. The van der Waals surface area contributed by atoms with Crippen LogP contribution >= 0.6 is 0 Å². The van der Waals surface area contributed by atoms with Crippen LogP contribution in [0.1, 0.15) is 42.7 Å². The van der Waals surface area contributed by atoms with E-state index in [1.807, 2.05) is 19.1 Å². The molecule has 0 amide bonds. The number of carbonyl (C=O) groups is 1. The zero-order valence-corrected chi connectivity index (χ0v) is 24.1. The van der Waals surface area contributed by atoms with E-state index in [1.54, 1.807) is 36.0 Å². The van der Waals surface area contributed by atoms with Crippen LogP contribution in [0.5, 0.6) is 0 Å². The maximum absolute atomic E-state index is 14.1. The van der Waals surface area contributed by atoms with Crippen LogP contribution in [0, 0.1) is 11.7 Å². The van der Waals surface area contributed by atoms with Crippen molar-refractivity contribution >= 4 is 26.9 Å². The van der Waals surface area contributed by atoms with Gasteiger partial charge in [0.25, 0.3) is 0 Å². The molecule has 12 heteroatoms. The number of fused-ring (bicyclic) bond motifs is 1. The molecule has 4 aromatic rings. The third-order valence-electron chi connectivity index (χ3n) is 7.55. The highest BCUT2D eigenvalue weighted by Crippen LogP contribution is 2.32. The van der Waals surface area contributed by atoms with Gasteiger partial charge in [-0.25, -0.2) is 22.3 Å². The average molecular weight is 583 g/mol. The molecule has 2 N–H and O–H groups in total. The largest absolute Gasteiger partial charge is 0.461 e. The Bertz CT molecular complexity index is 1610. The summed E-state index contributed by atoms with van der Waals surface area (Å²) in [7, 11) is -3.53. The number of aromatic amines is 1. The second kappa shape index (κ2) is 12.5. The number of likely N-dealkylation sites (tertiary alicyclic amines) is 1. The Kier molecular flexibility index (Phi) is 8.81. The van der Waals surface area contributed by atoms with Gasteiger partial charge in [-0.1, -0.05) is 24.3 Å². The van der Waals surface area contributed by atoms with Gasteiger partial charge < -0.3 is 14.6 Å². The predicted molar refractivity (Wildman–Crippen MR) is 153 cm³/mol. The van der Waals surface area contributed by atoms with Gasteiger partial charge in [0.15, 0.2) is 0 Å². The molecular formula is C29H35FN6O4S. The molecule has 0 saturated carbocycles. The number of carbonyl (C=O) groups excluding carboxylic acids is 1. The van der Waals surface area contributed by atoms with Crippen molar-refractivity contribution in [1.82, 2.24) is 29.6 Å². The predicted octanol–water partition coefficient (Wildman–Crippen LogP) is 4.00. The van der Waals surface area contributed by atoms with Gasteiger partial charge in [0, 0.05) is 36.1 Å². The molecule has 1 aliphatic heterocycles. The van der Waals surface area contributed by atoms with Gasteiger partial charge in [0.2, 0.25) is 10.0 Å². The molecular weight excluding hydrogens is 547 g/mol. The van der Waals surface area contributed by atoms with E-state index in [0.29, 0.717) is 47.7 Å². The van der Waals surface area contributed by atoms with Gasteiger partial charge in [-0.15, -0.1) is 5.10 Å². The van der Waals surface area contributed by atoms with Gasteiger partial charge in [-0.3, -0.25) is 4.68 Å². The lowest BCUT2D eigenvalue weighted by atomic mass is 9.97. The Labute approximate surface area is 238 Å². The van der Waals surface area contributed by atoms with E-state index in [1.165, 1.54) is 12.1 Å². The SMILES string of the molecule is CCOC(=O)c1[nH]c2ccc(F)cc2c1-c1cn(CC2CCN(CCNS(=O)(=O)c3ccc(CC)cc3)CC2)nn1. The molecule has 0 spiro atoms. The average Bonchev–Trinajstić information content (AvgIpc) is 3.58. The van der Waals surface area contributed by atoms with Crippen molar-refractivity contribution in [3.05, 3.63) is 65.7 Å². The second-order valence-electron chi connectivity index (χ2n) is 10.3. The summed E-state index contributed by atoms with van der Waals surface area (Å²) in [5.74, 6) is -0.567. The molecule has 3 heterocycles. The van der Waals surface area contributed by atoms with Crippen LogP contribution < -0.4 is 4.72 Å². The molecule has 2 aromatic heterocycles. The van der Waals surface area contributed by atoms with Crippen molar-refractivity contribution < 1.29 is 22.3 Å². The fourth-order valence-corrected chi connectivity index (χ4v) is 6.29. The molecule has 1 aliphatic rings. The summed E-state index contributed by atoms with van der Waals surface area (Å²) in [6, 6.07) is 11.3. The highest BCUT2D eigenvalue weighted by atomic mass is 32.2. The molecule has 0 atom stereocenters. The minimum atomic E-state index is -3.53. The van der Waals surface area contributed by atoms with Crippen molar-refractivity contribution in [3.63, 3.8) is 0 Å². The molecule has 41 heavy (non-hydrogen) atoms. The van der Waals surface area contributed by atoms with Crippen molar-refractivity contribution in [3.8, 4) is 11.3 Å². The van der Waals surface area contributed by atoms with Gasteiger partial charge in [-0.2, -0.15) is 0 Å². The van der Waals surface area contributed by atoms with Crippen LogP contribution in [0.15, 0.2) is 53.6 Å². The Morgan fingerprint density at radius 1 is 1.15 bits per heavy atom. The lowest BCUT2D eigenvalue weighted by molar-refractivity contribution is 0.0521. The lowest BCUT2D eigenvalue weighted by Gasteiger charge is -2.31. The Morgan fingerprint density at radius 3 is 2.61 bits per heavy atom. The van der Waals surface area contributed by atoms with E-state index in [2.05, 4.69) is 24.9 Å². The van der Waals surface area contributed by atoms with Crippen LogP contribution in [-0.2, 0) is 27.7 Å². The van der Waals surface area contributed by atoms with Crippen LogP contribution in [0.4, 0.5) is 4.39 Å². The first kappa shape index (κ1) is 28.9. The minimum absolute atomic E-state index is 0.214. The fourth-order valence-electron chi connectivity index (χ4n) is 5.27. The zero-order chi connectivity index (χ0) is 29.0. The molecule has 10 nitrogen and oxygen atoms in total. The maximum atomic E-state index is 14.1. The quantitative estimate of drug-likeness (QED) is 0.257. The van der Waals surface area contributed by atoms with E-state index in [9.17, 15) is 17.6 Å². The number of nitrogens with one attached hydrogen (secondary N) is 2. The Hall–Kier alpha value is -3.61. The van der Waals surface area contributed by atoms with E-state index >= 15 is 0 Å². The zero-order valence-electron chi connectivity index (χ0n) is 23.3. The Balaban J connectivity index is 1.16. The number of hydrogen-bond donors (Lipinski definition) is 2. The van der Waals surface area contributed by atoms with Crippen LogP contribution in [-0.4, -0.2) is 72.1 Å². The summed E-state index contributed by atoms with van der Waals surface area (Å²) < 4.78 is 49.0. The summed E-state index contributed by atoms with van der Waals surface area (Å²) >= 11 is 0. The summed E-state index contributed by atoms with van der Waals surface area (Å²) in [5, 5.41) is 9.14. The molecule has 218 valence electrons. The lowest BCUT2D eigenvalue weighted by Crippen LogP contribution is -2.40. The molecule has 0 unspecified atom stereocenters. The smallest absolute Gasteiger partial charge is 0.355 e. The van der Waals surface area contributed by atoms with Crippen LogP contribution in [0.2, 0.25) is 0 Å². The van der Waals surface area contributed by atoms with Gasteiger partial charge in [0.1, 0.15) is 17.2 Å². The third kappa shape index (κ3) is 6.66. The van der Waals surface area contributed by atoms with E-state index < -0.39 is 21.8 Å². The first-order valence-electron chi connectivity index (χ1n) is 14.0. The number of piperidine rings is 1. The standard InChI is InChI=1S/C29H35FN6O4S/c1-3-20-5-8-23(9-6-20)41(38,39)31-13-16-35-14-11-21(12-15-35)18-36-19-26(33-34-36)27-24-17-22(30)7-10-25(24)32-28(27)29(37)40-4-2/h5-10,17,19,21,31-32H,3-4,11-16,18H2,1-2H3. The normalized spacial score (nSPS) is 15.0. The van der Waals surface area contributed by atoms with Gasteiger partial charge >= 0.3 is 5.97 Å². The molecule has 5 rings (SSSR count). The first-order chi connectivity index (χ1) is 19.8. The third-order valence-corrected chi connectivity index (χ3v) is 9.03. The number of sulfonamides is 1. The number of aryl methyl sites for hydroxylation is 1. The van der Waals surface area contributed by atoms with Crippen molar-refractivity contribution in [2.45, 2.75) is 44.6 Å². The number of nitrogens with zero attached hydrogens (tertiary/aromatic N) is 4. The second-order valence-corrected chi connectivity index (χ2v) is 12.1. The number of benzene rings is 2. The first-order valence-corrected chi connectivity index (χ1v) is 15.5. The fraction of sp³-hybridized carbons (Fsp3) is 0.414. The number of ether oxygens (including phenoxy) is 1. The maximum Gasteiger partial charge on any atom is 0.355 e. The topological polar surface area (TPSA) is 122 Å². The summed E-state index contributed by atoms with van der Waals surface area (Å²) in [6.07, 6.45) is 4.52. The highest BCUT2D eigenvalue weighted by Gasteiger charge is 2.25. The summed E-state index contributed by atoms with van der Waals surface area (Å²) in [5.41, 5.74) is 2.88. The number of rotatable bonds is 11. The summed E-state index contributed by atoms with van der Waals surface area (Å²) in [4.78, 5) is 18.2. The molecule has 0 bridgehead atoms. The minimum Gasteiger partial charge on any atom is -0.461 e. The van der Waals surface area contributed by atoms with E-state index in [-0.39, 0.29) is 17.2 Å². The number of esters is 1. The van der Waals surface area contributed by atoms with Crippen molar-refractivity contribution in [2.75, 3.05) is 32.8 Å².